The number of nitrogens with zero attached hydrogens (tertiary/aromatic N) is 2. The van der Waals surface area contributed by atoms with Crippen molar-refractivity contribution in [3.8, 4) is 5.75 Å². The van der Waals surface area contributed by atoms with Crippen molar-refractivity contribution < 1.29 is 22.4 Å². The Balaban J connectivity index is 0.732. The van der Waals surface area contributed by atoms with Crippen molar-refractivity contribution in [2.45, 2.75) is 24.9 Å². The highest BCUT2D eigenvalue weighted by molar-refractivity contribution is 6.19. The summed E-state index contributed by atoms with van der Waals surface area (Å²) in [6.07, 6.45) is 13.2. The van der Waals surface area contributed by atoms with Gasteiger partial charge in [-0.1, -0.05) is 91.0 Å². The standard InChI is InChI=1S/C68H42N2O5/c1-3-13-41(14-4-1)69(45-23-27-51-61(33-45)71-57-29-19-39-11-7-9-17-47(39)67(51)57)43-21-25-49-53-35-65-55(37-63(53)73-59(49)31-43)56-38-64-54(36-66(56)75-65)50-26-22-44(32-60(50)74-64)70(42-15-5-2-6-16-42)46-24-28-52-62(34-46)72-58-30-20-40-12-8-10-18-48(40)68(52)58/h1-9,11-17,19-38,51,61H,10,18H2. The molecule has 3 aliphatic rings. The Morgan fingerprint density at radius 1 is 0.400 bits per heavy atom. The zero-order valence-electron chi connectivity index (χ0n) is 40.3. The van der Waals surface area contributed by atoms with Crippen LogP contribution in [0.15, 0.2) is 236 Å². The van der Waals surface area contributed by atoms with Gasteiger partial charge in [0.15, 0.2) is 0 Å². The average Bonchev–Trinajstić information content (AvgIpc) is 4.28. The average molecular weight is 967 g/mol. The van der Waals surface area contributed by atoms with Gasteiger partial charge in [-0.15, -0.1) is 0 Å². The fourth-order valence-corrected chi connectivity index (χ4v) is 12.6. The highest BCUT2D eigenvalue weighted by Crippen LogP contribution is 2.49. The molecule has 7 nitrogen and oxygen atoms in total. The van der Waals surface area contributed by atoms with E-state index in [9.17, 15) is 0 Å². The normalized spacial score (nSPS) is 16.0. The largest absolute Gasteiger partial charge is 0.485 e. The lowest BCUT2D eigenvalue weighted by molar-refractivity contribution is 0.267. The molecular weight excluding hydrogens is 925 g/mol. The van der Waals surface area contributed by atoms with Gasteiger partial charge in [-0.2, -0.15) is 0 Å². The van der Waals surface area contributed by atoms with Gasteiger partial charge in [0.05, 0.1) is 0 Å². The molecule has 1 aliphatic heterocycles. The summed E-state index contributed by atoms with van der Waals surface area (Å²) in [5.41, 5.74) is 16.5. The van der Waals surface area contributed by atoms with Crippen molar-refractivity contribution in [2.24, 2.45) is 0 Å². The number of para-hydroxylation sites is 2. The second-order valence-electron chi connectivity index (χ2n) is 20.2. The van der Waals surface area contributed by atoms with Crippen molar-refractivity contribution in [2.75, 3.05) is 9.80 Å². The fourth-order valence-electron chi connectivity index (χ4n) is 12.6. The predicted octanol–water partition coefficient (Wildman–Crippen LogP) is 19.0. The van der Waals surface area contributed by atoms with Crippen LogP contribution in [0.4, 0.5) is 28.4 Å². The van der Waals surface area contributed by atoms with Crippen molar-refractivity contribution in [1.29, 1.82) is 0 Å². The van der Waals surface area contributed by atoms with Crippen LogP contribution in [0.1, 0.15) is 29.0 Å². The molecule has 0 fully saturated rings. The van der Waals surface area contributed by atoms with Crippen LogP contribution in [-0.4, -0.2) is 6.10 Å². The molecule has 2 atom stereocenters. The highest BCUT2D eigenvalue weighted by atomic mass is 16.5. The molecule has 7 heteroatoms. The maximum absolute atomic E-state index is 6.78. The smallest absolute Gasteiger partial charge is 0.137 e. The Labute approximate surface area is 428 Å². The van der Waals surface area contributed by atoms with Crippen LogP contribution in [0, 0.1) is 0 Å². The van der Waals surface area contributed by atoms with Crippen molar-refractivity contribution in [3.05, 3.63) is 235 Å². The van der Waals surface area contributed by atoms with Gasteiger partial charge in [-0.05, 0) is 144 Å². The molecule has 0 bridgehead atoms. The van der Waals surface area contributed by atoms with Gasteiger partial charge in [0.1, 0.15) is 56.5 Å². The molecule has 17 rings (SSSR count). The number of anilines is 5. The van der Waals surface area contributed by atoms with E-state index in [1.54, 1.807) is 0 Å². The summed E-state index contributed by atoms with van der Waals surface area (Å²) in [4.78, 5) is 4.55. The van der Waals surface area contributed by atoms with Gasteiger partial charge < -0.3 is 32.2 Å². The zero-order valence-corrected chi connectivity index (χ0v) is 40.3. The first kappa shape index (κ1) is 40.8. The summed E-state index contributed by atoms with van der Waals surface area (Å²) in [5.74, 6) is 1.08. The van der Waals surface area contributed by atoms with E-state index >= 15 is 0 Å². The molecule has 0 spiro atoms. The van der Waals surface area contributed by atoms with E-state index in [1.165, 1.54) is 32.8 Å². The molecule has 75 heavy (non-hydrogen) atoms. The minimum Gasteiger partial charge on any atom is -0.485 e. The quantitative estimate of drug-likeness (QED) is 0.164. The Bertz CT molecular complexity index is 4840. The monoisotopic (exact) mass is 966 g/mol. The molecular formula is C68H42N2O5. The maximum Gasteiger partial charge on any atom is 0.137 e. The first-order chi connectivity index (χ1) is 37.1. The number of furan rings is 4. The second-order valence-corrected chi connectivity index (χ2v) is 20.2. The van der Waals surface area contributed by atoms with Crippen LogP contribution in [-0.2, 0) is 6.42 Å². The van der Waals surface area contributed by atoms with Crippen LogP contribution in [0.25, 0.3) is 105 Å². The summed E-state index contributed by atoms with van der Waals surface area (Å²) >= 11 is 0. The predicted molar refractivity (Wildman–Crippen MR) is 305 cm³/mol. The van der Waals surface area contributed by atoms with Crippen molar-refractivity contribution in [3.63, 3.8) is 0 Å². The van der Waals surface area contributed by atoms with Gasteiger partial charge in [-0.3, -0.25) is 0 Å². The van der Waals surface area contributed by atoms with E-state index in [2.05, 4.69) is 222 Å². The summed E-state index contributed by atoms with van der Waals surface area (Å²) in [7, 11) is 0. The summed E-state index contributed by atoms with van der Waals surface area (Å²) in [5, 5.41) is 10.8. The third-order valence-corrected chi connectivity index (χ3v) is 16.0. The van der Waals surface area contributed by atoms with Crippen molar-refractivity contribution >= 4 is 133 Å². The van der Waals surface area contributed by atoms with Crippen LogP contribution in [0.3, 0.4) is 0 Å². The SMILES string of the molecule is C1=Cc2ccc3oc4cc(N(c5ccccc5)c5ccc6c(c5)oc5cc7c(cc56)oc5cc6c(cc57)oc5cc(N(C7=CC8Oc9ccc%10ccccc%10c9C8C=C7)c7ccccc7)ccc56)ccc4c3c2CC1. The first-order valence-electron chi connectivity index (χ1n) is 25.7. The number of benzene rings is 10. The summed E-state index contributed by atoms with van der Waals surface area (Å²) < 4.78 is 33.5. The Morgan fingerprint density at radius 2 is 0.947 bits per heavy atom. The number of hydrogen-bond donors (Lipinski definition) is 0. The third kappa shape index (κ3) is 6.09. The number of rotatable bonds is 6. The number of fused-ring (bicyclic) bond motifs is 19. The van der Waals surface area contributed by atoms with Crippen LogP contribution >= 0.6 is 0 Å². The zero-order chi connectivity index (χ0) is 48.9. The fraction of sp³-hybridized carbons (Fsp3) is 0.0588. The van der Waals surface area contributed by atoms with E-state index in [0.717, 1.165) is 135 Å². The molecule has 14 aromatic rings. The third-order valence-electron chi connectivity index (χ3n) is 16.0. The topological polar surface area (TPSA) is 68.3 Å². The molecule has 5 heterocycles. The molecule has 10 aromatic carbocycles. The lowest BCUT2D eigenvalue weighted by atomic mass is 9.87. The first-order valence-corrected chi connectivity index (χ1v) is 25.7. The van der Waals surface area contributed by atoms with Gasteiger partial charge in [-0.25, -0.2) is 0 Å². The molecule has 4 aromatic heterocycles. The van der Waals surface area contributed by atoms with Gasteiger partial charge in [0.25, 0.3) is 0 Å². The van der Waals surface area contributed by atoms with E-state index in [0.29, 0.717) is 0 Å². The van der Waals surface area contributed by atoms with Gasteiger partial charge >= 0.3 is 0 Å². The number of aryl methyl sites for hydroxylation is 1. The van der Waals surface area contributed by atoms with Crippen molar-refractivity contribution in [1.82, 2.24) is 0 Å². The molecule has 0 saturated carbocycles. The lowest BCUT2D eigenvalue weighted by Gasteiger charge is -2.30. The second kappa shape index (κ2) is 15.4. The number of hydrogen-bond acceptors (Lipinski definition) is 7. The molecule has 0 N–H and O–H groups in total. The molecule has 2 unspecified atom stereocenters. The molecule has 354 valence electrons. The molecule has 0 radical (unpaired) electrons. The molecule has 2 aliphatic carbocycles. The van der Waals surface area contributed by atoms with Crippen LogP contribution in [0.5, 0.6) is 5.75 Å². The van der Waals surface area contributed by atoms with Gasteiger partial charge in [0.2, 0.25) is 0 Å². The molecule has 0 saturated heterocycles. The van der Waals surface area contributed by atoms with E-state index < -0.39 is 0 Å². The van der Waals surface area contributed by atoms with E-state index in [-0.39, 0.29) is 12.0 Å². The lowest BCUT2D eigenvalue weighted by Crippen LogP contribution is -2.24. The Kier molecular flexibility index (Phi) is 8.38. The minimum absolute atomic E-state index is 0.125. The Morgan fingerprint density at radius 3 is 1.61 bits per heavy atom. The van der Waals surface area contributed by atoms with E-state index in [4.69, 9.17) is 22.4 Å². The highest BCUT2D eigenvalue weighted by Gasteiger charge is 2.36. The summed E-state index contributed by atoms with van der Waals surface area (Å²) in [6, 6.07) is 66.1. The number of ether oxygens (including phenoxy) is 1. The number of allylic oxidation sites excluding steroid dienone is 2. The minimum atomic E-state index is -0.125. The van der Waals surface area contributed by atoms with Crippen LogP contribution < -0.4 is 14.5 Å². The Hall–Kier alpha value is -9.72. The summed E-state index contributed by atoms with van der Waals surface area (Å²) in [6.45, 7) is 0. The molecule has 0 amide bonds. The van der Waals surface area contributed by atoms with Gasteiger partial charge in [0, 0.05) is 107 Å². The van der Waals surface area contributed by atoms with Crippen LogP contribution in [0.2, 0.25) is 0 Å². The maximum atomic E-state index is 6.78. The van der Waals surface area contributed by atoms with E-state index in [1.807, 2.05) is 6.07 Å².